The number of fused-ring (bicyclic) bond motifs is 1. The number of aromatic nitrogens is 2. The Kier molecular flexibility index (Phi) is 6.23. The molecule has 5 nitrogen and oxygen atoms in total. The van der Waals surface area contributed by atoms with E-state index in [0.29, 0.717) is 40.7 Å². The van der Waals surface area contributed by atoms with Gasteiger partial charge in [-0.05, 0) is 48.6 Å². The van der Waals surface area contributed by atoms with Crippen LogP contribution in [0.15, 0.2) is 58.5 Å². The topological polar surface area (TPSA) is 55.2 Å². The van der Waals surface area contributed by atoms with Crippen LogP contribution in [0.3, 0.4) is 0 Å². The Labute approximate surface area is 181 Å². The molecule has 1 atom stereocenters. The number of para-hydroxylation sites is 1. The molecule has 4 rings (SSSR count). The van der Waals surface area contributed by atoms with Crippen LogP contribution in [-0.4, -0.2) is 39.2 Å². The van der Waals surface area contributed by atoms with E-state index in [1.54, 1.807) is 4.57 Å². The van der Waals surface area contributed by atoms with E-state index in [1.807, 2.05) is 41.3 Å². The molecule has 0 bridgehead atoms. The Balaban J connectivity index is 1.69. The van der Waals surface area contributed by atoms with Crippen molar-refractivity contribution >= 4 is 28.6 Å². The van der Waals surface area contributed by atoms with Crippen LogP contribution in [0.4, 0.5) is 0 Å². The summed E-state index contributed by atoms with van der Waals surface area (Å²) in [6.45, 7) is 5.89. The van der Waals surface area contributed by atoms with Crippen molar-refractivity contribution in [1.82, 2.24) is 14.5 Å². The summed E-state index contributed by atoms with van der Waals surface area (Å²) in [5.41, 5.74) is 2.74. The third-order valence-electron chi connectivity index (χ3n) is 5.84. The second-order valence-electron chi connectivity index (χ2n) is 7.79. The van der Waals surface area contributed by atoms with E-state index in [9.17, 15) is 9.59 Å². The van der Waals surface area contributed by atoms with Gasteiger partial charge >= 0.3 is 0 Å². The molecule has 156 valence electrons. The van der Waals surface area contributed by atoms with Gasteiger partial charge in [-0.25, -0.2) is 4.98 Å². The summed E-state index contributed by atoms with van der Waals surface area (Å²) in [6, 6.07) is 15.7. The number of hydrogen-bond acceptors (Lipinski definition) is 4. The van der Waals surface area contributed by atoms with E-state index in [-0.39, 0.29) is 11.5 Å². The first kappa shape index (κ1) is 20.7. The van der Waals surface area contributed by atoms with E-state index < -0.39 is 0 Å². The Morgan fingerprint density at radius 2 is 1.87 bits per heavy atom. The van der Waals surface area contributed by atoms with Crippen molar-refractivity contribution in [2.45, 2.75) is 44.2 Å². The van der Waals surface area contributed by atoms with Gasteiger partial charge in [-0.1, -0.05) is 49.9 Å². The van der Waals surface area contributed by atoms with E-state index in [0.717, 1.165) is 25.1 Å². The zero-order chi connectivity index (χ0) is 21.1. The van der Waals surface area contributed by atoms with Crippen LogP contribution in [0.2, 0.25) is 0 Å². The molecule has 1 unspecified atom stereocenters. The highest BCUT2D eigenvalue weighted by Crippen LogP contribution is 2.24. The number of hydrogen-bond donors (Lipinski definition) is 0. The third-order valence-corrected chi connectivity index (χ3v) is 6.76. The lowest BCUT2D eigenvalue weighted by Crippen LogP contribution is -2.27. The van der Waals surface area contributed by atoms with Crippen LogP contribution in [0.5, 0.6) is 0 Å². The predicted molar refractivity (Wildman–Crippen MR) is 123 cm³/mol. The summed E-state index contributed by atoms with van der Waals surface area (Å²) in [5, 5.41) is 1.28. The molecule has 3 aromatic rings. The number of thioether (sulfide) groups is 1. The number of carbonyl (C=O) groups is 1. The molecular formula is C24H27N3O2S. The third kappa shape index (κ3) is 4.15. The Hall–Kier alpha value is -2.60. The minimum Gasteiger partial charge on any atom is -0.342 e. The quantitative estimate of drug-likeness (QED) is 0.413. The highest BCUT2D eigenvalue weighted by Gasteiger charge is 2.20. The van der Waals surface area contributed by atoms with Gasteiger partial charge in [0.2, 0.25) is 5.91 Å². The minimum atomic E-state index is -0.0587. The minimum absolute atomic E-state index is 0.0587. The number of nitrogens with zero attached hydrogens (tertiary/aromatic N) is 3. The van der Waals surface area contributed by atoms with Crippen LogP contribution in [0.25, 0.3) is 16.6 Å². The van der Waals surface area contributed by atoms with Crippen LogP contribution in [0.1, 0.15) is 44.6 Å². The first-order valence-corrected chi connectivity index (χ1v) is 11.6. The summed E-state index contributed by atoms with van der Waals surface area (Å²) >= 11 is 1.53. The van der Waals surface area contributed by atoms with E-state index in [2.05, 4.69) is 26.0 Å². The van der Waals surface area contributed by atoms with E-state index in [1.165, 1.54) is 17.3 Å². The summed E-state index contributed by atoms with van der Waals surface area (Å²) in [7, 11) is 0. The second-order valence-corrected chi connectivity index (χ2v) is 8.85. The molecule has 1 aliphatic rings. The number of carbonyl (C=O) groups excluding carboxylic acids is 1. The normalized spacial score (nSPS) is 15.1. The Bertz CT molecular complexity index is 1110. The van der Waals surface area contributed by atoms with Crippen LogP contribution >= 0.6 is 11.8 Å². The van der Waals surface area contributed by atoms with Crippen LogP contribution in [-0.2, 0) is 4.79 Å². The smallest absolute Gasteiger partial charge is 0.266 e. The first-order valence-electron chi connectivity index (χ1n) is 10.6. The van der Waals surface area contributed by atoms with Crippen LogP contribution in [0, 0.1) is 0 Å². The van der Waals surface area contributed by atoms with Gasteiger partial charge in [0.15, 0.2) is 5.16 Å². The Morgan fingerprint density at radius 3 is 2.57 bits per heavy atom. The van der Waals surface area contributed by atoms with Gasteiger partial charge in [-0.15, -0.1) is 0 Å². The van der Waals surface area contributed by atoms with Gasteiger partial charge in [0.25, 0.3) is 5.56 Å². The van der Waals surface area contributed by atoms with Crippen molar-refractivity contribution in [3.8, 4) is 5.69 Å². The van der Waals surface area contributed by atoms with Crippen molar-refractivity contribution in [3.63, 3.8) is 0 Å². The van der Waals surface area contributed by atoms with Crippen molar-refractivity contribution in [2.75, 3.05) is 18.8 Å². The van der Waals surface area contributed by atoms with Crippen molar-refractivity contribution in [1.29, 1.82) is 0 Å². The highest BCUT2D eigenvalue weighted by atomic mass is 32.2. The Morgan fingerprint density at radius 1 is 1.10 bits per heavy atom. The molecule has 1 aromatic heterocycles. The fraction of sp³-hybridized carbons (Fsp3) is 0.375. The van der Waals surface area contributed by atoms with Crippen molar-refractivity contribution in [2.24, 2.45) is 0 Å². The number of likely N-dealkylation sites (tertiary alicyclic amines) is 1. The monoisotopic (exact) mass is 421 g/mol. The summed E-state index contributed by atoms with van der Waals surface area (Å²) in [4.78, 5) is 31.9. The first-order chi connectivity index (χ1) is 14.6. The lowest BCUT2D eigenvalue weighted by atomic mass is 9.98. The number of rotatable bonds is 7. The molecule has 1 saturated heterocycles. The molecule has 0 saturated carbocycles. The molecule has 1 fully saturated rings. The average Bonchev–Trinajstić information content (AvgIpc) is 3.18. The SMILES string of the molecule is CCC(C)c1ccc(-n2c(SCCN3CCCC3=O)nc3ccccc3c2=O)cc1. The fourth-order valence-electron chi connectivity index (χ4n) is 3.81. The molecule has 2 heterocycles. The highest BCUT2D eigenvalue weighted by molar-refractivity contribution is 7.99. The molecule has 0 N–H and O–H groups in total. The maximum Gasteiger partial charge on any atom is 0.266 e. The standard InChI is InChI=1S/C24H27N3O2S/c1-3-17(2)18-10-12-19(13-11-18)27-23(29)20-7-4-5-8-21(20)25-24(27)30-16-15-26-14-6-9-22(26)28/h4-5,7-8,10-13,17H,3,6,9,14-16H2,1-2H3. The van der Waals surface area contributed by atoms with E-state index in [4.69, 9.17) is 4.98 Å². The largest absolute Gasteiger partial charge is 0.342 e. The summed E-state index contributed by atoms with van der Waals surface area (Å²) in [6.07, 6.45) is 2.66. The predicted octanol–water partition coefficient (Wildman–Crippen LogP) is 4.61. The molecule has 0 spiro atoms. The van der Waals surface area contributed by atoms with Gasteiger partial charge in [-0.3, -0.25) is 14.2 Å². The lowest BCUT2D eigenvalue weighted by molar-refractivity contribution is -0.127. The molecule has 30 heavy (non-hydrogen) atoms. The lowest BCUT2D eigenvalue weighted by Gasteiger charge is -2.17. The molecule has 6 heteroatoms. The van der Waals surface area contributed by atoms with Gasteiger partial charge in [0.05, 0.1) is 16.6 Å². The van der Waals surface area contributed by atoms with Gasteiger partial charge in [-0.2, -0.15) is 0 Å². The molecule has 1 aliphatic heterocycles. The average molecular weight is 422 g/mol. The molecule has 0 radical (unpaired) electrons. The van der Waals surface area contributed by atoms with Crippen molar-refractivity contribution < 1.29 is 4.79 Å². The summed E-state index contributed by atoms with van der Waals surface area (Å²) < 4.78 is 1.71. The maximum atomic E-state index is 13.3. The maximum absolute atomic E-state index is 13.3. The van der Waals surface area contributed by atoms with Gasteiger partial charge in [0, 0.05) is 25.3 Å². The number of benzene rings is 2. The van der Waals surface area contributed by atoms with E-state index >= 15 is 0 Å². The number of amides is 1. The molecule has 1 amide bonds. The zero-order valence-corrected chi connectivity index (χ0v) is 18.3. The second kappa shape index (κ2) is 9.04. The van der Waals surface area contributed by atoms with Crippen LogP contribution < -0.4 is 5.56 Å². The summed E-state index contributed by atoms with van der Waals surface area (Å²) in [5.74, 6) is 1.42. The van der Waals surface area contributed by atoms with Crippen molar-refractivity contribution in [3.05, 3.63) is 64.4 Å². The van der Waals surface area contributed by atoms with Gasteiger partial charge in [0.1, 0.15) is 0 Å². The zero-order valence-electron chi connectivity index (χ0n) is 17.5. The fourth-order valence-corrected chi connectivity index (χ4v) is 4.79. The molecular weight excluding hydrogens is 394 g/mol. The molecule has 2 aromatic carbocycles. The molecule has 0 aliphatic carbocycles. The van der Waals surface area contributed by atoms with Gasteiger partial charge < -0.3 is 4.90 Å².